The summed E-state index contributed by atoms with van der Waals surface area (Å²) < 4.78 is 13.4. The Labute approximate surface area is 640 Å². The number of halogens is 3. The molecule has 0 heterocycles. The molecule has 0 amide bonds. The zero-order valence-electron chi connectivity index (χ0n) is 67.8. The number of unbranched alkanes of at least 4 members (excludes halogenated alkanes) is 1. The third-order valence-electron chi connectivity index (χ3n) is 32.9. The van der Waals surface area contributed by atoms with E-state index in [4.69, 9.17) is 14.6 Å². The van der Waals surface area contributed by atoms with Gasteiger partial charge in [0, 0.05) is 10.7 Å². The second-order valence-corrected chi connectivity index (χ2v) is 41.9. The molecule has 23 unspecified atom stereocenters. The lowest BCUT2D eigenvalue weighted by Crippen LogP contribution is -3.00. The fourth-order valence-corrected chi connectivity index (χ4v) is 27.2. The van der Waals surface area contributed by atoms with Crippen LogP contribution in [0.15, 0.2) is 34.9 Å². The van der Waals surface area contributed by atoms with Gasteiger partial charge in [-0.2, -0.15) is 0 Å². The molecule has 0 aromatic rings. The molecule has 0 aromatic carbocycles. The summed E-state index contributed by atoms with van der Waals surface area (Å²) in [5.41, 5.74) is 8.67. The molecule has 12 rings (SSSR count). The van der Waals surface area contributed by atoms with Gasteiger partial charge in [-0.1, -0.05) is 228 Å². The fourth-order valence-electron chi connectivity index (χ4n) is 27.0. The average molecular weight is 1570 g/mol. The van der Waals surface area contributed by atoms with Crippen LogP contribution in [0.4, 0.5) is 0 Å². The second-order valence-electron chi connectivity index (χ2n) is 40.4. The third-order valence-corrected chi connectivity index (χ3v) is 33.6. The molecule has 0 spiro atoms. The number of aliphatic hydroxyl groups is 2. The zero-order chi connectivity index (χ0) is 71.0. The molecule has 0 aromatic heterocycles. The van der Waals surface area contributed by atoms with Crippen LogP contribution >= 0.6 is 31.9 Å². The summed E-state index contributed by atoms with van der Waals surface area (Å²) in [6, 6.07) is 0. The molecule has 9 saturated carbocycles. The molecule has 0 bridgehead atoms. The van der Waals surface area contributed by atoms with Gasteiger partial charge in [0.2, 0.25) is 0 Å². The van der Waals surface area contributed by atoms with Gasteiger partial charge in [0.1, 0.15) is 13.1 Å². The molecule has 2 N–H and O–H groups in total. The van der Waals surface area contributed by atoms with Crippen LogP contribution in [0.1, 0.15) is 322 Å². The molecule has 9 fully saturated rings. The molecule has 5 nitrogen and oxygen atoms in total. The molecule has 23 atom stereocenters. The van der Waals surface area contributed by atoms with Crippen LogP contribution in [0, 0.1) is 139 Å². The van der Waals surface area contributed by atoms with Gasteiger partial charge in [-0.15, -0.1) is 0 Å². The number of rotatable bonds is 25. The van der Waals surface area contributed by atoms with Gasteiger partial charge in [0.15, 0.2) is 0 Å². The lowest BCUT2D eigenvalue weighted by atomic mass is 9.46. The van der Waals surface area contributed by atoms with Gasteiger partial charge < -0.3 is 41.2 Å². The van der Waals surface area contributed by atoms with Crippen molar-refractivity contribution in [2.45, 2.75) is 334 Å². The van der Waals surface area contributed by atoms with Crippen LogP contribution in [0.2, 0.25) is 0 Å². The van der Waals surface area contributed by atoms with Gasteiger partial charge in [0.25, 0.3) is 0 Å². The lowest BCUT2D eigenvalue weighted by Gasteiger charge is -2.58. The molecule has 99 heavy (non-hydrogen) atoms. The van der Waals surface area contributed by atoms with Crippen LogP contribution in [0.3, 0.4) is 0 Å². The van der Waals surface area contributed by atoms with Crippen LogP contribution in [-0.2, 0) is 9.47 Å². The Morgan fingerprint density at radius 1 is 0.444 bits per heavy atom. The Morgan fingerprint density at radius 3 is 1.28 bits per heavy atom. The number of alkyl halides is 2. The number of quaternary nitrogens is 1. The van der Waals surface area contributed by atoms with E-state index in [-0.39, 0.29) is 30.2 Å². The number of hydrogen-bond acceptors (Lipinski definition) is 4. The minimum absolute atomic E-state index is 0. The van der Waals surface area contributed by atoms with Crippen LogP contribution < -0.4 is 17.0 Å². The van der Waals surface area contributed by atoms with Crippen molar-refractivity contribution < 1.29 is 41.2 Å². The number of likely N-dealkylation sites (N-methyl/N-ethyl adjacent to an activating group) is 1. The van der Waals surface area contributed by atoms with Gasteiger partial charge in [-0.25, -0.2) is 0 Å². The molecule has 8 heteroatoms. The van der Waals surface area contributed by atoms with Crippen LogP contribution in [-0.4, -0.2) is 91.2 Å². The Morgan fingerprint density at radius 2 is 0.848 bits per heavy atom. The second kappa shape index (κ2) is 37.2. The highest BCUT2D eigenvalue weighted by Gasteiger charge is 2.62. The maximum absolute atomic E-state index is 9.31. The SMILES string of the molecule is CC(C)CCCC(C)C1CCC2C3CC=C4CC(C)CCC4(C)C3CCC12C.CC(C)CCCC(C)C1CCC2C3CC=C4CC(OCC[N+](C)(C)CCO)CCC4(C)C3CCC12C.CC(C)CCCCC1CCC2C3CC=C4CC(OCCBr)CCC4(C)C3CCC12C.OCCBr.[Br-]. The summed E-state index contributed by atoms with van der Waals surface area (Å²) in [6.45, 7) is 42.0. The summed E-state index contributed by atoms with van der Waals surface area (Å²) in [5, 5.41) is 18.8. The number of aliphatic hydroxyl groups excluding tert-OH is 2. The molecule has 574 valence electrons. The van der Waals surface area contributed by atoms with Crippen molar-refractivity contribution in [1.29, 1.82) is 0 Å². The van der Waals surface area contributed by atoms with Crippen molar-refractivity contribution in [2.24, 2.45) is 139 Å². The Balaban J connectivity index is 0.000000184. The number of allylic oxidation sites excluding steroid dienone is 4. The van der Waals surface area contributed by atoms with Gasteiger partial charge in [-0.3, -0.25) is 0 Å². The van der Waals surface area contributed by atoms with Gasteiger partial charge in [0.05, 0.1) is 52.7 Å². The Kier molecular flexibility index (Phi) is 32.0. The fraction of sp³-hybridized carbons (Fsp3) is 0.934. The summed E-state index contributed by atoms with van der Waals surface area (Å²) >= 11 is 6.52. The van der Waals surface area contributed by atoms with Crippen LogP contribution in [0.5, 0.6) is 0 Å². The molecular formula is C91H160Br3NO4. The average Bonchev–Trinajstić information content (AvgIpc) is 1.71. The van der Waals surface area contributed by atoms with E-state index in [2.05, 4.69) is 168 Å². The van der Waals surface area contributed by atoms with E-state index in [0.717, 1.165) is 149 Å². The first-order valence-electron chi connectivity index (χ1n) is 43.0. The van der Waals surface area contributed by atoms with Crippen LogP contribution in [0.25, 0.3) is 0 Å². The topological polar surface area (TPSA) is 58.9 Å². The van der Waals surface area contributed by atoms with Crippen molar-refractivity contribution in [2.75, 3.05) is 64.3 Å². The standard InChI is InChI=1S/C33H60NO2.C28H47BrO.C28H48.C2H5BrO.BrH/c1-24(2)9-8-10-25(3)29-13-14-30-28-12-11-26-23-27(36-22-20-34(6,7)19-21-35)15-17-32(26,4)31(28)16-18-33(29,30)5;1-20(2)7-5-6-8-21-10-12-25-24-11-9-22-19-23(30-18-17-29)13-15-28(22,4)26(24)14-16-27(21,25)3;1-19(2)8-7-9-21(4)24-12-13-25-23-11-10-22-18-20(3)14-16-27(22,5)26(23)15-17-28(24,25)6;3-1-2-4;/h11,24-25,27-31,35H,8-10,12-23H2,1-7H3;9,20-21,23-26H,5-8,10-19H2,1-4H3;10,19-21,23-26H,7-9,11-18H2,1-6H3;4H,1-2H2;1H/q+1;;;;/p-1. The van der Waals surface area contributed by atoms with Gasteiger partial charge >= 0.3 is 0 Å². The summed E-state index contributed by atoms with van der Waals surface area (Å²) in [7, 11) is 4.39. The van der Waals surface area contributed by atoms with Crippen molar-refractivity contribution in [1.82, 2.24) is 0 Å². The first kappa shape index (κ1) is 85.1. The largest absolute Gasteiger partial charge is 1.00 e. The quantitative estimate of drug-likeness (QED) is 0.0414. The zero-order valence-corrected chi connectivity index (χ0v) is 72.5. The number of fused-ring (bicyclic) bond motifs is 15. The van der Waals surface area contributed by atoms with Gasteiger partial charge in [-0.05, 0) is 300 Å². The highest BCUT2D eigenvalue weighted by Crippen LogP contribution is 2.71. The predicted molar refractivity (Wildman–Crippen MR) is 427 cm³/mol. The monoisotopic (exact) mass is 1570 g/mol. The minimum atomic E-state index is 0. The molecule has 12 aliphatic rings. The molecule has 0 saturated heterocycles. The molecular weight excluding hydrogens is 1410 g/mol. The predicted octanol–water partition coefficient (Wildman–Crippen LogP) is 22.1. The number of ether oxygens (including phenoxy) is 2. The minimum Gasteiger partial charge on any atom is -1.00 e. The first-order chi connectivity index (χ1) is 46.5. The maximum Gasteiger partial charge on any atom is 0.102 e. The summed E-state index contributed by atoms with van der Waals surface area (Å²) in [5.74, 6) is 16.9. The third kappa shape index (κ3) is 19.4. The number of hydrogen-bond donors (Lipinski definition) is 2. The smallest absolute Gasteiger partial charge is 0.102 e. The van der Waals surface area contributed by atoms with E-state index in [1.807, 2.05) is 5.57 Å². The highest BCUT2D eigenvalue weighted by molar-refractivity contribution is 9.09. The van der Waals surface area contributed by atoms with E-state index >= 15 is 0 Å². The lowest BCUT2D eigenvalue weighted by molar-refractivity contribution is -0.891. The summed E-state index contributed by atoms with van der Waals surface area (Å²) in [6.07, 6.45) is 57.5. The van der Waals surface area contributed by atoms with E-state index < -0.39 is 0 Å². The molecule has 0 aliphatic heterocycles. The molecule has 12 aliphatic carbocycles. The normalized spacial score (nSPS) is 40.8. The van der Waals surface area contributed by atoms with Crippen molar-refractivity contribution in [3.05, 3.63) is 34.9 Å². The Bertz CT molecular complexity index is 2540. The van der Waals surface area contributed by atoms with E-state index in [1.54, 1.807) is 11.1 Å². The summed E-state index contributed by atoms with van der Waals surface area (Å²) in [4.78, 5) is 0. The maximum atomic E-state index is 9.31. The first-order valence-corrected chi connectivity index (χ1v) is 45.3. The van der Waals surface area contributed by atoms with E-state index in [0.29, 0.717) is 50.0 Å². The van der Waals surface area contributed by atoms with E-state index in [9.17, 15) is 5.11 Å². The van der Waals surface area contributed by atoms with Crippen molar-refractivity contribution in [3.8, 4) is 0 Å². The van der Waals surface area contributed by atoms with E-state index in [1.165, 1.54) is 212 Å². The highest BCUT2D eigenvalue weighted by atomic mass is 79.9. The van der Waals surface area contributed by atoms with Crippen molar-refractivity contribution >= 4 is 31.9 Å². The Hall–Kier alpha value is 0.460. The van der Waals surface area contributed by atoms with Crippen molar-refractivity contribution in [3.63, 3.8) is 0 Å². The molecule has 0 radical (unpaired) electrons. The number of nitrogens with zero attached hydrogens (tertiary/aromatic N) is 1.